The number of nitrogens with zero attached hydrogens (tertiary/aromatic N) is 1. The molecule has 0 aliphatic carbocycles. The number of aliphatic hydroxyl groups excluding tert-OH is 1. The van der Waals surface area contributed by atoms with E-state index in [9.17, 15) is 19.5 Å². The highest BCUT2D eigenvalue weighted by Crippen LogP contribution is 2.64. The van der Waals surface area contributed by atoms with Crippen LogP contribution in [0.1, 0.15) is 44.2 Å². The molecule has 32 heavy (non-hydrogen) atoms. The van der Waals surface area contributed by atoms with Gasteiger partial charge in [-0.15, -0.1) is 0 Å². The highest BCUT2D eigenvalue weighted by molar-refractivity contribution is 6.04. The Hall–Kier alpha value is -2.45. The minimum absolute atomic E-state index is 0.0000453. The second kappa shape index (κ2) is 8.15. The lowest BCUT2D eigenvalue weighted by atomic mass is 9.65. The van der Waals surface area contributed by atoms with Gasteiger partial charge in [0.25, 0.3) is 0 Å². The largest absolute Gasteiger partial charge is 0.466 e. The highest BCUT2D eigenvalue weighted by atomic mass is 16.6. The van der Waals surface area contributed by atoms with E-state index in [4.69, 9.17) is 9.47 Å². The minimum Gasteiger partial charge on any atom is -0.466 e. The minimum atomic E-state index is -1.11. The molecule has 4 rings (SSSR count). The molecule has 5 atom stereocenters. The number of carbonyl (C=O) groups is 3. The van der Waals surface area contributed by atoms with Crippen LogP contribution >= 0.6 is 0 Å². The van der Waals surface area contributed by atoms with Gasteiger partial charge in [0, 0.05) is 12.2 Å². The van der Waals surface area contributed by atoms with Crippen molar-refractivity contribution in [2.24, 2.45) is 11.8 Å². The number of aliphatic hydroxyl groups is 1. The van der Waals surface area contributed by atoms with Crippen LogP contribution < -0.4 is 5.32 Å². The number of likely N-dealkylation sites (tertiary alicyclic amines) is 1. The Kier molecular flexibility index (Phi) is 5.79. The van der Waals surface area contributed by atoms with Crippen molar-refractivity contribution < 1.29 is 29.0 Å². The highest BCUT2D eigenvalue weighted by Gasteiger charge is 2.79. The second-order valence-electron chi connectivity index (χ2n) is 9.10. The van der Waals surface area contributed by atoms with Crippen molar-refractivity contribution >= 4 is 23.5 Å². The van der Waals surface area contributed by atoms with Gasteiger partial charge >= 0.3 is 5.97 Å². The summed E-state index contributed by atoms with van der Waals surface area (Å²) in [6.07, 6.45) is 1.63. The van der Waals surface area contributed by atoms with E-state index in [-0.39, 0.29) is 31.6 Å². The van der Waals surface area contributed by atoms with Crippen molar-refractivity contribution in [3.05, 3.63) is 29.3 Å². The predicted molar refractivity (Wildman–Crippen MR) is 117 cm³/mol. The number of hydrogen-bond acceptors (Lipinski definition) is 6. The molecule has 1 aromatic rings. The fourth-order valence-electron chi connectivity index (χ4n) is 6.16. The maximum Gasteiger partial charge on any atom is 0.312 e. The summed E-state index contributed by atoms with van der Waals surface area (Å²) in [4.78, 5) is 41.7. The summed E-state index contributed by atoms with van der Waals surface area (Å²) >= 11 is 0. The van der Waals surface area contributed by atoms with Gasteiger partial charge in [0.15, 0.2) is 0 Å². The number of rotatable bonds is 7. The molecule has 1 aromatic carbocycles. The van der Waals surface area contributed by atoms with Crippen molar-refractivity contribution in [3.63, 3.8) is 0 Å². The number of benzene rings is 1. The number of hydrogen-bond donors (Lipinski definition) is 2. The maximum absolute atomic E-state index is 13.7. The number of esters is 1. The number of nitrogens with one attached hydrogen (secondary N) is 1. The van der Waals surface area contributed by atoms with Crippen LogP contribution in [0.25, 0.3) is 0 Å². The van der Waals surface area contributed by atoms with Gasteiger partial charge in [0.05, 0.1) is 24.7 Å². The average Bonchev–Trinajstić information content (AvgIpc) is 3.35. The van der Waals surface area contributed by atoms with Gasteiger partial charge in [-0.25, -0.2) is 0 Å². The third kappa shape index (κ3) is 3.07. The first-order valence-electron chi connectivity index (χ1n) is 11.4. The van der Waals surface area contributed by atoms with Crippen LogP contribution in [0.5, 0.6) is 0 Å². The SMILES string of the molecule is CCOC(=O)[C@@H]1[C@H]2C(=O)N(CCO)C(C(=O)Nc3c(C)cccc3C)C23CC[C@@]1(CC)O3. The van der Waals surface area contributed by atoms with E-state index < -0.39 is 35.0 Å². The lowest BCUT2D eigenvalue weighted by molar-refractivity contribution is -0.160. The summed E-state index contributed by atoms with van der Waals surface area (Å²) < 4.78 is 11.9. The molecule has 3 aliphatic rings. The summed E-state index contributed by atoms with van der Waals surface area (Å²) in [7, 11) is 0. The van der Waals surface area contributed by atoms with Gasteiger partial charge in [-0.05, 0) is 51.2 Å². The first-order chi connectivity index (χ1) is 15.3. The lowest BCUT2D eigenvalue weighted by Gasteiger charge is -2.33. The molecule has 2 bridgehead atoms. The predicted octanol–water partition coefficient (Wildman–Crippen LogP) is 1.95. The van der Waals surface area contributed by atoms with Crippen molar-refractivity contribution in [3.8, 4) is 0 Å². The number of anilines is 1. The summed E-state index contributed by atoms with van der Waals surface area (Å²) in [5.74, 6) is -2.69. The molecule has 2 unspecified atom stereocenters. The smallest absolute Gasteiger partial charge is 0.312 e. The number of amides is 2. The van der Waals surface area contributed by atoms with E-state index in [0.29, 0.717) is 24.9 Å². The zero-order valence-corrected chi connectivity index (χ0v) is 19.1. The second-order valence-corrected chi connectivity index (χ2v) is 9.10. The Balaban J connectivity index is 1.76. The summed E-state index contributed by atoms with van der Waals surface area (Å²) in [6.45, 7) is 7.42. The summed E-state index contributed by atoms with van der Waals surface area (Å²) in [5, 5.41) is 12.7. The van der Waals surface area contributed by atoms with Crippen molar-refractivity contribution in [2.45, 2.75) is 64.2 Å². The van der Waals surface area contributed by atoms with E-state index in [1.54, 1.807) is 6.92 Å². The molecule has 0 saturated carbocycles. The van der Waals surface area contributed by atoms with Gasteiger partial charge in [0.2, 0.25) is 11.8 Å². The quantitative estimate of drug-likeness (QED) is 0.623. The van der Waals surface area contributed by atoms with E-state index in [2.05, 4.69) is 5.32 Å². The Bertz CT molecular complexity index is 928. The number of fused-ring (bicyclic) bond motifs is 1. The van der Waals surface area contributed by atoms with Gasteiger partial charge in [0.1, 0.15) is 17.6 Å². The number of β-amino-alcohol motifs (C(OH)–C–C–N with tert-alkyl or cyclic N) is 1. The van der Waals surface area contributed by atoms with E-state index in [1.807, 2.05) is 39.0 Å². The van der Waals surface area contributed by atoms with Gasteiger partial charge in [-0.2, -0.15) is 0 Å². The molecule has 174 valence electrons. The normalized spacial score (nSPS) is 32.8. The van der Waals surface area contributed by atoms with Gasteiger partial charge < -0.3 is 24.8 Å². The van der Waals surface area contributed by atoms with Crippen LogP contribution in [0.3, 0.4) is 0 Å². The molecule has 0 radical (unpaired) electrons. The molecule has 2 N–H and O–H groups in total. The standard InChI is InChI=1S/C24H32N2O6/c1-5-23-10-11-24(32-23)16(17(23)22(30)31-6-2)21(29)26(12-13-27)19(24)20(28)25-18-14(3)8-7-9-15(18)4/h7-9,16-17,19,27H,5-6,10-13H2,1-4H3,(H,25,28)/t16-,17-,19?,23+,24?/m0/s1. The molecule has 3 aliphatic heterocycles. The van der Waals surface area contributed by atoms with Crippen LogP contribution in [0.4, 0.5) is 5.69 Å². The molecule has 8 heteroatoms. The van der Waals surface area contributed by atoms with Crippen LogP contribution in [-0.2, 0) is 23.9 Å². The third-order valence-corrected chi connectivity index (χ3v) is 7.54. The van der Waals surface area contributed by atoms with E-state index in [1.165, 1.54) is 4.90 Å². The average molecular weight is 445 g/mol. The van der Waals surface area contributed by atoms with Gasteiger partial charge in [-0.1, -0.05) is 25.1 Å². The molecule has 2 amide bonds. The molecule has 3 fully saturated rings. The van der Waals surface area contributed by atoms with Crippen molar-refractivity contribution in [2.75, 3.05) is 25.1 Å². The number of ether oxygens (including phenoxy) is 2. The maximum atomic E-state index is 13.7. The number of carbonyl (C=O) groups excluding carboxylic acids is 3. The fraction of sp³-hybridized carbons (Fsp3) is 0.625. The lowest BCUT2D eigenvalue weighted by Crippen LogP contribution is -2.53. The van der Waals surface area contributed by atoms with E-state index >= 15 is 0 Å². The fourth-order valence-corrected chi connectivity index (χ4v) is 6.16. The zero-order chi connectivity index (χ0) is 23.3. The van der Waals surface area contributed by atoms with Crippen molar-refractivity contribution in [1.29, 1.82) is 0 Å². The Morgan fingerprint density at radius 3 is 2.53 bits per heavy atom. The molecule has 8 nitrogen and oxygen atoms in total. The topological polar surface area (TPSA) is 105 Å². The van der Waals surface area contributed by atoms with Gasteiger partial charge in [-0.3, -0.25) is 14.4 Å². The molecule has 3 saturated heterocycles. The Labute approximate surface area is 188 Å². The molecule has 3 heterocycles. The zero-order valence-electron chi connectivity index (χ0n) is 19.1. The van der Waals surface area contributed by atoms with Crippen LogP contribution in [-0.4, -0.2) is 64.8 Å². The first-order valence-corrected chi connectivity index (χ1v) is 11.4. The molecular formula is C24H32N2O6. The van der Waals surface area contributed by atoms with Crippen LogP contribution in [0, 0.1) is 25.7 Å². The summed E-state index contributed by atoms with van der Waals surface area (Å²) in [6, 6.07) is 4.81. The number of aryl methyl sites for hydroxylation is 2. The van der Waals surface area contributed by atoms with Crippen LogP contribution in [0.2, 0.25) is 0 Å². The summed E-state index contributed by atoms with van der Waals surface area (Å²) in [5.41, 5.74) is 0.608. The third-order valence-electron chi connectivity index (χ3n) is 7.54. The molecular weight excluding hydrogens is 412 g/mol. The van der Waals surface area contributed by atoms with Crippen molar-refractivity contribution in [1.82, 2.24) is 4.90 Å². The van der Waals surface area contributed by atoms with E-state index in [0.717, 1.165) is 11.1 Å². The monoisotopic (exact) mass is 444 g/mol. The first kappa shape index (κ1) is 22.7. The molecule has 0 aromatic heterocycles. The Morgan fingerprint density at radius 1 is 1.25 bits per heavy atom. The molecule has 1 spiro atoms. The number of para-hydroxylation sites is 1. The van der Waals surface area contributed by atoms with Crippen LogP contribution in [0.15, 0.2) is 18.2 Å². The Morgan fingerprint density at radius 2 is 1.94 bits per heavy atom.